The van der Waals surface area contributed by atoms with Crippen LogP contribution in [0.1, 0.15) is 5.56 Å². The molecule has 25 heavy (non-hydrogen) atoms. The lowest BCUT2D eigenvalue weighted by Crippen LogP contribution is -1.99. The monoisotopic (exact) mass is 346 g/mol. The van der Waals surface area contributed by atoms with Crippen LogP contribution in [0.2, 0.25) is 5.15 Å². The third kappa shape index (κ3) is 3.04. The van der Waals surface area contributed by atoms with Crippen molar-refractivity contribution in [2.75, 3.05) is 5.73 Å². The van der Waals surface area contributed by atoms with Crippen LogP contribution in [0.3, 0.4) is 0 Å². The Balaban J connectivity index is 1.88. The fourth-order valence-corrected chi connectivity index (χ4v) is 2.99. The quantitative estimate of drug-likeness (QED) is 0.524. The number of aromatic nitrogens is 3. The largest absolute Gasteiger partial charge is 0.368 e. The summed E-state index contributed by atoms with van der Waals surface area (Å²) in [6, 6.07) is 19.8. The molecule has 0 aliphatic rings. The minimum Gasteiger partial charge on any atom is -0.368 e. The van der Waals surface area contributed by atoms with E-state index in [0.717, 1.165) is 27.7 Å². The number of hydrogen-bond acceptors (Lipinski definition) is 4. The number of aryl methyl sites for hydroxylation is 1. The second-order valence-corrected chi connectivity index (χ2v) is 6.24. The molecule has 5 heteroatoms. The molecule has 4 aromatic rings. The van der Waals surface area contributed by atoms with Gasteiger partial charge >= 0.3 is 0 Å². The molecule has 0 saturated carbocycles. The number of nitrogens with zero attached hydrogens (tertiary/aromatic N) is 3. The molecule has 2 heterocycles. The summed E-state index contributed by atoms with van der Waals surface area (Å²) in [4.78, 5) is 13.2. The third-order valence-corrected chi connectivity index (χ3v) is 4.33. The van der Waals surface area contributed by atoms with Crippen LogP contribution in [-0.4, -0.2) is 15.0 Å². The molecule has 0 atom stereocenters. The van der Waals surface area contributed by atoms with Crippen molar-refractivity contribution in [1.29, 1.82) is 0 Å². The van der Waals surface area contributed by atoms with Gasteiger partial charge in [-0.25, -0.2) is 15.0 Å². The zero-order chi connectivity index (χ0) is 17.4. The number of nitrogens with two attached hydrogens (primary N) is 1. The number of fused-ring (bicyclic) bond motifs is 1. The Morgan fingerprint density at radius 3 is 2.36 bits per heavy atom. The van der Waals surface area contributed by atoms with Crippen LogP contribution in [0.25, 0.3) is 33.4 Å². The number of hydrogen-bond donors (Lipinski definition) is 1. The molecule has 122 valence electrons. The predicted octanol–water partition coefficient (Wildman–Crippen LogP) is 4.90. The van der Waals surface area contributed by atoms with Crippen molar-refractivity contribution in [3.8, 4) is 22.5 Å². The second-order valence-electron chi connectivity index (χ2n) is 5.88. The Hall–Kier alpha value is -2.98. The molecule has 0 fully saturated rings. The molecule has 0 aliphatic heterocycles. The second kappa shape index (κ2) is 6.15. The molecule has 2 aromatic carbocycles. The van der Waals surface area contributed by atoms with E-state index in [1.54, 1.807) is 0 Å². The summed E-state index contributed by atoms with van der Waals surface area (Å²) in [6.07, 6.45) is 0. The Morgan fingerprint density at radius 2 is 1.56 bits per heavy atom. The van der Waals surface area contributed by atoms with E-state index in [1.165, 1.54) is 5.56 Å². The van der Waals surface area contributed by atoms with Crippen LogP contribution in [0, 0.1) is 6.92 Å². The number of benzene rings is 2. The first-order valence-electron chi connectivity index (χ1n) is 7.87. The lowest BCUT2D eigenvalue weighted by atomic mass is 10.1. The van der Waals surface area contributed by atoms with E-state index < -0.39 is 0 Å². The number of anilines is 1. The Bertz CT molecular complexity index is 1070. The maximum absolute atomic E-state index is 6.40. The van der Waals surface area contributed by atoms with Gasteiger partial charge in [0, 0.05) is 16.5 Å². The molecule has 0 radical (unpaired) electrons. The van der Waals surface area contributed by atoms with Gasteiger partial charge in [-0.05, 0) is 25.1 Å². The molecule has 0 spiro atoms. The number of para-hydroxylation sites is 1. The van der Waals surface area contributed by atoms with Crippen molar-refractivity contribution < 1.29 is 0 Å². The maximum Gasteiger partial charge on any atom is 0.221 e. The molecule has 4 nitrogen and oxygen atoms in total. The summed E-state index contributed by atoms with van der Waals surface area (Å²) >= 11 is 6.40. The highest BCUT2D eigenvalue weighted by molar-refractivity contribution is 6.32. The molecule has 0 unspecified atom stereocenters. The average Bonchev–Trinajstić information content (AvgIpc) is 2.61. The summed E-state index contributed by atoms with van der Waals surface area (Å²) in [7, 11) is 0. The average molecular weight is 347 g/mol. The molecule has 0 aliphatic carbocycles. The van der Waals surface area contributed by atoms with Crippen LogP contribution in [-0.2, 0) is 0 Å². The van der Waals surface area contributed by atoms with Crippen LogP contribution < -0.4 is 5.73 Å². The first kappa shape index (κ1) is 15.5. The number of halogens is 1. The molecule has 4 rings (SSSR count). The van der Waals surface area contributed by atoms with Gasteiger partial charge in [-0.1, -0.05) is 59.6 Å². The van der Waals surface area contributed by atoms with Crippen molar-refractivity contribution >= 4 is 28.5 Å². The standard InChI is InChI=1S/C20H15ClN4/c1-12-6-8-13(9-7-12)17-11-18(25-20(22)24-17)15-10-14-4-2-3-5-16(14)23-19(15)21/h2-11H,1H3,(H2,22,24,25). The molecule has 0 saturated heterocycles. The van der Waals surface area contributed by atoms with Crippen molar-refractivity contribution in [3.63, 3.8) is 0 Å². The summed E-state index contributed by atoms with van der Waals surface area (Å²) in [5.41, 5.74) is 11.1. The van der Waals surface area contributed by atoms with Gasteiger partial charge in [-0.3, -0.25) is 0 Å². The van der Waals surface area contributed by atoms with Gasteiger partial charge in [0.25, 0.3) is 0 Å². The first-order valence-corrected chi connectivity index (χ1v) is 8.25. The van der Waals surface area contributed by atoms with Crippen molar-refractivity contribution in [1.82, 2.24) is 15.0 Å². The fraction of sp³-hybridized carbons (Fsp3) is 0.0500. The van der Waals surface area contributed by atoms with Gasteiger partial charge in [-0.15, -0.1) is 0 Å². The van der Waals surface area contributed by atoms with Crippen LogP contribution in [0.15, 0.2) is 60.7 Å². The van der Waals surface area contributed by atoms with Crippen LogP contribution in [0.5, 0.6) is 0 Å². The van der Waals surface area contributed by atoms with Crippen molar-refractivity contribution in [2.24, 2.45) is 0 Å². The highest BCUT2D eigenvalue weighted by atomic mass is 35.5. The van der Waals surface area contributed by atoms with Gasteiger partial charge in [0.05, 0.1) is 16.9 Å². The normalized spacial score (nSPS) is 11.0. The minimum atomic E-state index is 0.206. The van der Waals surface area contributed by atoms with E-state index in [9.17, 15) is 0 Å². The van der Waals surface area contributed by atoms with E-state index in [1.807, 2.05) is 67.6 Å². The van der Waals surface area contributed by atoms with Crippen LogP contribution >= 0.6 is 11.6 Å². The Morgan fingerprint density at radius 1 is 0.840 bits per heavy atom. The minimum absolute atomic E-state index is 0.206. The topological polar surface area (TPSA) is 64.7 Å². The molecule has 0 amide bonds. The number of pyridine rings is 1. The zero-order valence-corrected chi connectivity index (χ0v) is 14.3. The summed E-state index contributed by atoms with van der Waals surface area (Å²) in [5.74, 6) is 0.206. The summed E-state index contributed by atoms with van der Waals surface area (Å²) in [6.45, 7) is 2.05. The Kier molecular flexibility index (Phi) is 3.82. The third-order valence-electron chi connectivity index (χ3n) is 4.04. The maximum atomic E-state index is 6.40. The number of nitrogen functional groups attached to an aromatic ring is 1. The van der Waals surface area contributed by atoms with E-state index >= 15 is 0 Å². The molecule has 2 N–H and O–H groups in total. The van der Waals surface area contributed by atoms with E-state index in [0.29, 0.717) is 10.8 Å². The highest BCUT2D eigenvalue weighted by Gasteiger charge is 2.12. The summed E-state index contributed by atoms with van der Waals surface area (Å²) in [5, 5.41) is 1.39. The van der Waals surface area contributed by atoms with E-state index in [4.69, 9.17) is 17.3 Å². The van der Waals surface area contributed by atoms with Crippen LogP contribution in [0.4, 0.5) is 5.95 Å². The first-order chi connectivity index (χ1) is 12.1. The van der Waals surface area contributed by atoms with E-state index in [-0.39, 0.29) is 5.95 Å². The smallest absolute Gasteiger partial charge is 0.221 e. The molecule has 0 bridgehead atoms. The lowest BCUT2D eigenvalue weighted by Gasteiger charge is -2.09. The van der Waals surface area contributed by atoms with E-state index in [2.05, 4.69) is 15.0 Å². The van der Waals surface area contributed by atoms with Gasteiger partial charge in [0.15, 0.2) is 0 Å². The van der Waals surface area contributed by atoms with Gasteiger partial charge < -0.3 is 5.73 Å². The van der Waals surface area contributed by atoms with Crippen molar-refractivity contribution in [2.45, 2.75) is 6.92 Å². The predicted molar refractivity (Wildman–Crippen MR) is 102 cm³/mol. The molecular weight excluding hydrogens is 332 g/mol. The molecule has 2 aromatic heterocycles. The highest BCUT2D eigenvalue weighted by Crippen LogP contribution is 2.31. The van der Waals surface area contributed by atoms with Gasteiger partial charge in [0.1, 0.15) is 5.15 Å². The Labute approximate surface area is 150 Å². The summed E-state index contributed by atoms with van der Waals surface area (Å²) < 4.78 is 0. The lowest BCUT2D eigenvalue weighted by molar-refractivity contribution is 1.19. The molecular formula is C20H15ClN4. The van der Waals surface area contributed by atoms with Crippen molar-refractivity contribution in [3.05, 3.63) is 71.4 Å². The SMILES string of the molecule is Cc1ccc(-c2cc(-c3cc4ccccc4nc3Cl)nc(N)n2)cc1. The zero-order valence-electron chi connectivity index (χ0n) is 13.6. The number of rotatable bonds is 2. The fourth-order valence-electron chi connectivity index (χ4n) is 2.75. The van der Waals surface area contributed by atoms with Gasteiger partial charge in [0.2, 0.25) is 5.95 Å². The van der Waals surface area contributed by atoms with Gasteiger partial charge in [-0.2, -0.15) is 0 Å².